The van der Waals surface area contributed by atoms with E-state index in [1.54, 1.807) is 0 Å². The summed E-state index contributed by atoms with van der Waals surface area (Å²) in [6.07, 6.45) is 4.56. The molecule has 1 aromatic rings. The van der Waals surface area contributed by atoms with Gasteiger partial charge in [0.15, 0.2) is 10.9 Å². The highest BCUT2D eigenvalue weighted by atomic mass is 32.2. The SMILES string of the molecule is CCCCCCSc1nc(O)cc(C(=O)O)n1. The molecule has 2 N–H and O–H groups in total. The van der Waals surface area contributed by atoms with Crippen molar-refractivity contribution in [1.82, 2.24) is 9.97 Å². The van der Waals surface area contributed by atoms with Gasteiger partial charge in [-0.1, -0.05) is 37.9 Å². The number of carboxylic acid groups (broad SMARTS) is 1. The van der Waals surface area contributed by atoms with Crippen LogP contribution in [0.1, 0.15) is 43.1 Å². The molecule has 5 nitrogen and oxygen atoms in total. The van der Waals surface area contributed by atoms with Gasteiger partial charge in [-0.25, -0.2) is 9.78 Å². The molecular weight excluding hydrogens is 240 g/mol. The third-order valence-electron chi connectivity index (χ3n) is 2.14. The summed E-state index contributed by atoms with van der Waals surface area (Å²) >= 11 is 1.37. The molecule has 0 fully saturated rings. The standard InChI is InChI=1S/C11H16N2O3S/c1-2-3-4-5-6-17-11-12-8(10(15)16)7-9(14)13-11/h7H,2-6H2,1H3,(H,15,16)(H,12,13,14). The topological polar surface area (TPSA) is 83.3 Å². The average Bonchev–Trinajstić information content (AvgIpc) is 2.28. The highest BCUT2D eigenvalue weighted by Gasteiger charge is 2.09. The van der Waals surface area contributed by atoms with Crippen LogP contribution in [0.25, 0.3) is 0 Å². The van der Waals surface area contributed by atoms with Gasteiger partial charge in [-0.15, -0.1) is 0 Å². The van der Waals surface area contributed by atoms with Crippen molar-refractivity contribution >= 4 is 17.7 Å². The summed E-state index contributed by atoms with van der Waals surface area (Å²) in [4.78, 5) is 18.3. The Kier molecular flexibility index (Phi) is 5.76. The Labute approximate surface area is 104 Å². The number of aromatic nitrogens is 2. The average molecular weight is 256 g/mol. The third-order valence-corrected chi connectivity index (χ3v) is 3.07. The molecule has 0 amide bonds. The van der Waals surface area contributed by atoms with Crippen molar-refractivity contribution in [3.8, 4) is 5.88 Å². The Hall–Kier alpha value is -1.30. The van der Waals surface area contributed by atoms with Crippen LogP contribution in [-0.4, -0.2) is 31.9 Å². The summed E-state index contributed by atoms with van der Waals surface area (Å²) in [5.74, 6) is -0.619. The predicted octanol–water partition coefficient (Wildman–Crippen LogP) is 2.55. The Morgan fingerprint density at radius 1 is 1.35 bits per heavy atom. The lowest BCUT2D eigenvalue weighted by molar-refractivity contribution is 0.0688. The maximum atomic E-state index is 10.7. The van der Waals surface area contributed by atoms with Crippen molar-refractivity contribution in [2.75, 3.05) is 5.75 Å². The zero-order chi connectivity index (χ0) is 12.7. The fourth-order valence-electron chi connectivity index (χ4n) is 1.28. The number of thioether (sulfide) groups is 1. The molecule has 0 radical (unpaired) electrons. The van der Waals surface area contributed by atoms with Gasteiger partial charge in [-0.3, -0.25) is 0 Å². The van der Waals surface area contributed by atoms with E-state index in [9.17, 15) is 9.90 Å². The predicted molar refractivity (Wildman–Crippen MR) is 65.5 cm³/mol. The number of aromatic hydroxyl groups is 1. The summed E-state index contributed by atoms with van der Waals surface area (Å²) in [6, 6.07) is 1.05. The summed E-state index contributed by atoms with van der Waals surface area (Å²) in [6.45, 7) is 2.14. The van der Waals surface area contributed by atoms with Crippen LogP contribution in [0.15, 0.2) is 11.2 Å². The van der Waals surface area contributed by atoms with E-state index in [0.717, 1.165) is 24.7 Å². The number of carbonyl (C=O) groups is 1. The second-order valence-corrected chi connectivity index (χ2v) is 4.67. The molecule has 0 unspecified atom stereocenters. The quantitative estimate of drug-likeness (QED) is 0.443. The van der Waals surface area contributed by atoms with Gasteiger partial charge in [0.25, 0.3) is 0 Å². The van der Waals surface area contributed by atoms with Crippen LogP contribution in [0.5, 0.6) is 5.88 Å². The molecule has 0 aromatic carbocycles. The molecule has 0 aliphatic rings. The van der Waals surface area contributed by atoms with E-state index in [0.29, 0.717) is 5.16 Å². The Morgan fingerprint density at radius 2 is 2.12 bits per heavy atom. The highest BCUT2D eigenvalue weighted by molar-refractivity contribution is 7.99. The first-order valence-corrected chi connectivity index (χ1v) is 6.56. The summed E-state index contributed by atoms with van der Waals surface area (Å²) in [5.41, 5.74) is -0.173. The zero-order valence-electron chi connectivity index (χ0n) is 9.72. The monoisotopic (exact) mass is 256 g/mol. The van der Waals surface area contributed by atoms with Crippen LogP contribution in [0.3, 0.4) is 0 Å². The van der Waals surface area contributed by atoms with Gasteiger partial charge < -0.3 is 10.2 Å². The summed E-state index contributed by atoms with van der Waals surface area (Å²) in [7, 11) is 0. The minimum absolute atomic E-state index is 0.173. The van der Waals surface area contributed by atoms with Crippen LogP contribution in [-0.2, 0) is 0 Å². The van der Waals surface area contributed by atoms with Gasteiger partial charge in [0, 0.05) is 11.8 Å². The fourth-order valence-corrected chi connectivity index (χ4v) is 2.13. The molecule has 1 heterocycles. The smallest absolute Gasteiger partial charge is 0.354 e. The number of carboxylic acids is 1. The van der Waals surface area contributed by atoms with Crippen molar-refractivity contribution < 1.29 is 15.0 Å². The lowest BCUT2D eigenvalue weighted by Gasteiger charge is -2.02. The molecule has 0 bridgehead atoms. The number of rotatable bonds is 7. The molecular formula is C11H16N2O3S. The largest absolute Gasteiger partial charge is 0.493 e. The molecule has 1 aromatic heterocycles. The zero-order valence-corrected chi connectivity index (χ0v) is 10.5. The molecule has 94 valence electrons. The Bertz CT molecular complexity index is 385. The molecule has 0 aliphatic heterocycles. The van der Waals surface area contributed by atoms with Crippen molar-refractivity contribution in [3.05, 3.63) is 11.8 Å². The summed E-state index contributed by atoms with van der Waals surface area (Å²) < 4.78 is 0. The Morgan fingerprint density at radius 3 is 2.76 bits per heavy atom. The van der Waals surface area contributed by atoms with Crippen LogP contribution in [0.2, 0.25) is 0 Å². The third kappa shape index (κ3) is 5.04. The first-order valence-electron chi connectivity index (χ1n) is 5.57. The van der Waals surface area contributed by atoms with E-state index < -0.39 is 5.97 Å². The Balaban J connectivity index is 2.50. The molecule has 0 atom stereocenters. The van der Waals surface area contributed by atoms with E-state index in [1.165, 1.54) is 24.6 Å². The molecule has 6 heteroatoms. The van der Waals surface area contributed by atoms with Gasteiger partial charge in [0.1, 0.15) is 0 Å². The van der Waals surface area contributed by atoms with Gasteiger partial charge in [0.2, 0.25) is 5.88 Å². The number of hydrogen-bond acceptors (Lipinski definition) is 5. The van der Waals surface area contributed by atoms with Gasteiger partial charge in [0.05, 0.1) is 0 Å². The first kappa shape index (κ1) is 13.8. The molecule has 0 saturated heterocycles. The second-order valence-electron chi connectivity index (χ2n) is 3.61. The van der Waals surface area contributed by atoms with E-state index in [4.69, 9.17) is 5.11 Å². The van der Waals surface area contributed by atoms with Crippen LogP contribution in [0, 0.1) is 0 Å². The van der Waals surface area contributed by atoms with Crippen molar-refractivity contribution in [3.63, 3.8) is 0 Å². The number of hydrogen-bond donors (Lipinski definition) is 2. The number of nitrogens with zero attached hydrogens (tertiary/aromatic N) is 2. The van der Waals surface area contributed by atoms with E-state index >= 15 is 0 Å². The lowest BCUT2D eigenvalue weighted by Crippen LogP contribution is -2.02. The minimum Gasteiger partial charge on any atom is -0.493 e. The van der Waals surface area contributed by atoms with E-state index in [-0.39, 0.29) is 11.6 Å². The first-order chi connectivity index (χ1) is 8.13. The van der Waals surface area contributed by atoms with Crippen LogP contribution in [0.4, 0.5) is 0 Å². The van der Waals surface area contributed by atoms with Gasteiger partial charge in [-0.2, -0.15) is 4.98 Å². The maximum Gasteiger partial charge on any atom is 0.354 e. The van der Waals surface area contributed by atoms with E-state index in [1.807, 2.05) is 0 Å². The van der Waals surface area contributed by atoms with Crippen molar-refractivity contribution in [2.24, 2.45) is 0 Å². The van der Waals surface area contributed by atoms with Crippen LogP contribution >= 0.6 is 11.8 Å². The molecule has 0 aliphatic carbocycles. The molecule has 1 rings (SSSR count). The molecule has 0 spiro atoms. The normalized spacial score (nSPS) is 10.4. The van der Waals surface area contributed by atoms with Crippen molar-refractivity contribution in [1.29, 1.82) is 0 Å². The number of unbranched alkanes of at least 4 members (excludes halogenated alkanes) is 3. The summed E-state index contributed by atoms with van der Waals surface area (Å²) in [5, 5.41) is 18.3. The fraction of sp³-hybridized carbons (Fsp3) is 0.545. The van der Waals surface area contributed by atoms with Gasteiger partial charge >= 0.3 is 5.97 Å². The number of aromatic carboxylic acids is 1. The van der Waals surface area contributed by atoms with Gasteiger partial charge in [-0.05, 0) is 6.42 Å². The molecule has 0 saturated carbocycles. The van der Waals surface area contributed by atoms with Crippen LogP contribution < -0.4 is 0 Å². The lowest BCUT2D eigenvalue weighted by atomic mass is 10.2. The van der Waals surface area contributed by atoms with E-state index in [2.05, 4.69) is 16.9 Å². The molecule has 17 heavy (non-hydrogen) atoms. The second kappa shape index (κ2) is 7.11. The van der Waals surface area contributed by atoms with Crippen molar-refractivity contribution in [2.45, 2.75) is 37.8 Å². The minimum atomic E-state index is -1.16. The highest BCUT2D eigenvalue weighted by Crippen LogP contribution is 2.19. The maximum absolute atomic E-state index is 10.7.